The molecule has 0 aliphatic rings. The molecule has 0 aromatic carbocycles. The minimum atomic E-state index is 0.885. The van der Waals surface area contributed by atoms with Crippen molar-refractivity contribution in [3.63, 3.8) is 0 Å². The molecule has 0 radical (unpaired) electrons. The lowest BCUT2D eigenvalue weighted by Crippen LogP contribution is -2.14. The smallest absolute Gasteiger partial charge is 0.185 e. The van der Waals surface area contributed by atoms with Crippen LogP contribution in [0.4, 0.5) is 5.13 Å². The molecule has 0 spiro atoms. The zero-order valence-corrected chi connectivity index (χ0v) is 13.0. The lowest BCUT2D eigenvalue weighted by atomic mass is 10.4. The van der Waals surface area contributed by atoms with Crippen molar-refractivity contribution in [2.75, 3.05) is 19.0 Å². The normalized spacial score (nSPS) is 10.8. The van der Waals surface area contributed by atoms with Crippen molar-refractivity contribution in [2.45, 2.75) is 13.1 Å². The minimum Gasteiger partial charge on any atom is -0.346 e. The van der Waals surface area contributed by atoms with Gasteiger partial charge in [0.1, 0.15) is 0 Å². The van der Waals surface area contributed by atoms with Gasteiger partial charge in [0, 0.05) is 39.4 Å². The molecule has 0 saturated heterocycles. The van der Waals surface area contributed by atoms with Crippen molar-refractivity contribution in [3.05, 3.63) is 31.9 Å². The Morgan fingerprint density at radius 2 is 2.29 bits per heavy atom. The molecule has 6 heteroatoms. The van der Waals surface area contributed by atoms with Crippen LogP contribution in [0.15, 0.2) is 22.1 Å². The lowest BCUT2D eigenvalue weighted by Gasteiger charge is -2.13. The topological polar surface area (TPSA) is 28.2 Å². The average molecular weight is 332 g/mol. The van der Waals surface area contributed by atoms with Crippen molar-refractivity contribution in [2.24, 2.45) is 0 Å². The van der Waals surface area contributed by atoms with E-state index >= 15 is 0 Å². The molecule has 2 aromatic rings. The van der Waals surface area contributed by atoms with E-state index in [2.05, 4.69) is 49.6 Å². The van der Waals surface area contributed by atoms with Gasteiger partial charge < -0.3 is 10.2 Å². The first-order chi connectivity index (χ1) is 8.19. The Hall–Kier alpha value is -0.430. The highest BCUT2D eigenvalue weighted by atomic mass is 79.9. The zero-order valence-electron chi connectivity index (χ0n) is 9.74. The van der Waals surface area contributed by atoms with E-state index in [1.807, 2.05) is 13.2 Å². The third-order valence-corrected chi connectivity index (χ3v) is 5.03. The monoisotopic (exact) mass is 331 g/mol. The van der Waals surface area contributed by atoms with Gasteiger partial charge >= 0.3 is 0 Å². The SMILES string of the molecule is CNCc1cnc(N(C)Cc2cc(Br)cs2)s1. The molecule has 0 unspecified atom stereocenters. The zero-order chi connectivity index (χ0) is 12.3. The van der Waals surface area contributed by atoms with Gasteiger partial charge in [-0.3, -0.25) is 0 Å². The molecule has 3 nitrogen and oxygen atoms in total. The summed E-state index contributed by atoms with van der Waals surface area (Å²) in [6, 6.07) is 2.16. The Kier molecular flexibility index (Phi) is 4.55. The second-order valence-corrected chi connectivity index (χ2v) is 6.73. The summed E-state index contributed by atoms with van der Waals surface area (Å²) in [5.41, 5.74) is 0. The van der Waals surface area contributed by atoms with Gasteiger partial charge in [-0.25, -0.2) is 4.98 Å². The number of anilines is 1. The van der Waals surface area contributed by atoms with Crippen molar-refractivity contribution < 1.29 is 0 Å². The molecule has 2 heterocycles. The average Bonchev–Trinajstić information content (AvgIpc) is 2.88. The number of thiazole rings is 1. The molecule has 0 amide bonds. The van der Waals surface area contributed by atoms with E-state index in [-0.39, 0.29) is 0 Å². The first kappa shape index (κ1) is 13.0. The Morgan fingerprint density at radius 1 is 1.47 bits per heavy atom. The van der Waals surface area contributed by atoms with Crippen LogP contribution in [-0.4, -0.2) is 19.1 Å². The second-order valence-electron chi connectivity index (χ2n) is 3.73. The highest BCUT2D eigenvalue weighted by molar-refractivity contribution is 9.10. The number of rotatable bonds is 5. The van der Waals surface area contributed by atoms with Crippen LogP contribution in [0.2, 0.25) is 0 Å². The molecule has 17 heavy (non-hydrogen) atoms. The van der Waals surface area contributed by atoms with E-state index < -0.39 is 0 Å². The van der Waals surface area contributed by atoms with E-state index in [1.54, 1.807) is 22.7 Å². The van der Waals surface area contributed by atoms with Crippen molar-refractivity contribution >= 4 is 43.7 Å². The van der Waals surface area contributed by atoms with Gasteiger partial charge in [-0.2, -0.15) is 0 Å². The van der Waals surface area contributed by atoms with Crippen LogP contribution in [0, 0.1) is 0 Å². The van der Waals surface area contributed by atoms with Gasteiger partial charge in [0.25, 0.3) is 0 Å². The molecular weight excluding hydrogens is 318 g/mol. The summed E-state index contributed by atoms with van der Waals surface area (Å²) in [6.45, 7) is 1.79. The van der Waals surface area contributed by atoms with Gasteiger partial charge in [-0.05, 0) is 29.0 Å². The summed E-state index contributed by atoms with van der Waals surface area (Å²) in [5.74, 6) is 0. The van der Waals surface area contributed by atoms with Crippen molar-refractivity contribution in [3.8, 4) is 0 Å². The molecule has 0 bridgehead atoms. The molecular formula is C11H14BrN3S2. The maximum Gasteiger partial charge on any atom is 0.185 e. The fraction of sp³-hybridized carbons (Fsp3) is 0.364. The lowest BCUT2D eigenvalue weighted by molar-refractivity contribution is 0.829. The van der Waals surface area contributed by atoms with Crippen LogP contribution in [0.1, 0.15) is 9.75 Å². The van der Waals surface area contributed by atoms with Crippen LogP contribution in [-0.2, 0) is 13.1 Å². The molecule has 0 atom stereocenters. The number of halogens is 1. The third kappa shape index (κ3) is 3.51. The number of nitrogens with one attached hydrogen (secondary N) is 1. The Bertz CT molecular complexity index is 481. The summed E-state index contributed by atoms with van der Waals surface area (Å²) in [4.78, 5) is 9.22. The largest absolute Gasteiger partial charge is 0.346 e. The molecule has 0 aliphatic heterocycles. The van der Waals surface area contributed by atoms with Crippen LogP contribution in [0.25, 0.3) is 0 Å². The Balaban J connectivity index is 2.01. The second kappa shape index (κ2) is 5.95. The van der Waals surface area contributed by atoms with Crippen molar-refractivity contribution in [1.82, 2.24) is 10.3 Å². The van der Waals surface area contributed by atoms with E-state index in [1.165, 1.54) is 9.75 Å². The Labute approximate surface area is 118 Å². The number of aromatic nitrogens is 1. The third-order valence-electron chi connectivity index (χ3n) is 2.23. The van der Waals surface area contributed by atoms with Gasteiger partial charge in [0.2, 0.25) is 0 Å². The predicted octanol–water partition coefficient (Wildman–Crippen LogP) is 3.32. The standard InChI is InChI=1S/C11H14BrN3S2/c1-13-4-10-5-14-11(17-10)15(2)6-9-3-8(12)7-16-9/h3,5,7,13H,4,6H2,1-2H3. The summed E-state index contributed by atoms with van der Waals surface area (Å²) in [6.07, 6.45) is 1.94. The molecule has 0 saturated carbocycles. The predicted molar refractivity (Wildman–Crippen MR) is 79.0 cm³/mol. The van der Waals surface area contributed by atoms with Gasteiger partial charge in [-0.15, -0.1) is 22.7 Å². The first-order valence-corrected chi connectivity index (χ1v) is 7.71. The van der Waals surface area contributed by atoms with Crippen LogP contribution >= 0.6 is 38.6 Å². The Morgan fingerprint density at radius 3 is 2.94 bits per heavy atom. The molecule has 2 aromatic heterocycles. The minimum absolute atomic E-state index is 0.885. The summed E-state index contributed by atoms with van der Waals surface area (Å²) in [5, 5.41) is 6.31. The quantitative estimate of drug-likeness (QED) is 0.910. The molecule has 1 N–H and O–H groups in total. The maximum atomic E-state index is 4.44. The van der Waals surface area contributed by atoms with Crippen LogP contribution in [0.5, 0.6) is 0 Å². The number of hydrogen-bond acceptors (Lipinski definition) is 5. The first-order valence-electron chi connectivity index (χ1n) is 5.22. The number of thiophene rings is 1. The molecule has 2 rings (SSSR count). The van der Waals surface area contributed by atoms with Crippen LogP contribution in [0.3, 0.4) is 0 Å². The van der Waals surface area contributed by atoms with E-state index in [0.717, 1.165) is 22.7 Å². The van der Waals surface area contributed by atoms with E-state index in [9.17, 15) is 0 Å². The number of nitrogens with zero attached hydrogens (tertiary/aromatic N) is 2. The highest BCUT2D eigenvalue weighted by Gasteiger charge is 2.08. The summed E-state index contributed by atoms with van der Waals surface area (Å²) < 4.78 is 1.15. The van der Waals surface area contributed by atoms with Gasteiger partial charge in [-0.1, -0.05) is 0 Å². The molecule has 92 valence electrons. The summed E-state index contributed by atoms with van der Waals surface area (Å²) >= 11 is 6.98. The fourth-order valence-electron chi connectivity index (χ4n) is 1.47. The molecule has 0 aliphatic carbocycles. The van der Waals surface area contributed by atoms with Crippen molar-refractivity contribution in [1.29, 1.82) is 0 Å². The number of hydrogen-bond donors (Lipinski definition) is 1. The van der Waals surface area contributed by atoms with Crippen LogP contribution < -0.4 is 10.2 Å². The van der Waals surface area contributed by atoms with Gasteiger partial charge in [0.05, 0.1) is 6.54 Å². The molecule has 0 fully saturated rings. The van der Waals surface area contributed by atoms with E-state index in [4.69, 9.17) is 0 Å². The summed E-state index contributed by atoms with van der Waals surface area (Å²) in [7, 11) is 4.03. The fourth-order valence-corrected chi connectivity index (χ4v) is 3.85. The van der Waals surface area contributed by atoms with E-state index in [0.29, 0.717) is 0 Å². The van der Waals surface area contributed by atoms with Gasteiger partial charge in [0.15, 0.2) is 5.13 Å². The highest BCUT2D eigenvalue weighted by Crippen LogP contribution is 2.26. The maximum absolute atomic E-state index is 4.44.